The van der Waals surface area contributed by atoms with Gasteiger partial charge in [-0.15, -0.1) is 0 Å². The smallest absolute Gasteiger partial charge is 0.344 e. The van der Waals surface area contributed by atoms with Gasteiger partial charge >= 0.3 is 6.18 Å². The number of nitriles is 1. The van der Waals surface area contributed by atoms with Crippen LogP contribution < -0.4 is 4.72 Å². The number of aromatic nitrogens is 1. The largest absolute Gasteiger partial charge is 0.417 e. The average Bonchev–Trinajstić information content (AvgIpc) is 3.00. The first-order chi connectivity index (χ1) is 12.1. The van der Waals surface area contributed by atoms with Crippen LogP contribution in [0.15, 0.2) is 47.5 Å². The number of sulfonamides is 1. The maximum atomic E-state index is 13.1. The maximum absolute atomic E-state index is 13.1. The molecule has 0 atom stereocenters. The van der Waals surface area contributed by atoms with Crippen LogP contribution in [0.4, 0.5) is 18.9 Å². The van der Waals surface area contributed by atoms with Gasteiger partial charge in [-0.2, -0.15) is 26.9 Å². The Kier molecular flexibility index (Phi) is 4.61. The molecule has 1 heterocycles. The highest BCUT2D eigenvalue weighted by Gasteiger charge is 2.35. The molecule has 0 aliphatic rings. The van der Waals surface area contributed by atoms with Gasteiger partial charge in [0.05, 0.1) is 22.9 Å². The zero-order chi connectivity index (χ0) is 19.1. The van der Waals surface area contributed by atoms with Crippen LogP contribution in [0.3, 0.4) is 0 Å². The third kappa shape index (κ3) is 3.49. The monoisotopic (exact) mass is 491 g/mol. The molecular weight excluding hydrogens is 482 g/mol. The lowest BCUT2D eigenvalue weighted by molar-refractivity contribution is -0.137. The van der Waals surface area contributed by atoms with Gasteiger partial charge in [-0.3, -0.25) is 4.72 Å². The number of benzene rings is 2. The predicted molar refractivity (Wildman–Crippen MR) is 98.0 cm³/mol. The van der Waals surface area contributed by atoms with Crippen molar-refractivity contribution in [3.8, 4) is 6.07 Å². The minimum Gasteiger partial charge on any atom is -0.344 e. The Balaban J connectivity index is 2.06. The van der Waals surface area contributed by atoms with Crippen LogP contribution >= 0.6 is 22.6 Å². The molecule has 0 radical (unpaired) electrons. The van der Waals surface area contributed by atoms with Gasteiger partial charge in [0.15, 0.2) is 5.03 Å². The maximum Gasteiger partial charge on any atom is 0.417 e. The molecule has 0 aliphatic heterocycles. The molecule has 0 aliphatic carbocycles. The van der Waals surface area contributed by atoms with Crippen molar-refractivity contribution in [3.63, 3.8) is 0 Å². The third-order valence-corrected chi connectivity index (χ3v) is 5.75. The SMILES string of the molecule is N#Cc1cc(I)c(NS(=O)(=O)c2cc3ccccc3[nH]2)cc1C(F)(F)F. The van der Waals surface area contributed by atoms with Gasteiger partial charge in [0, 0.05) is 14.5 Å². The summed E-state index contributed by atoms with van der Waals surface area (Å²) in [5.41, 5.74) is -1.45. The Morgan fingerprint density at radius 3 is 2.46 bits per heavy atom. The molecule has 26 heavy (non-hydrogen) atoms. The molecule has 0 saturated carbocycles. The van der Waals surface area contributed by atoms with E-state index in [1.807, 2.05) is 0 Å². The van der Waals surface area contributed by atoms with E-state index < -0.39 is 27.3 Å². The number of fused-ring (bicyclic) bond motifs is 1. The number of anilines is 1. The molecule has 2 aromatic carbocycles. The highest BCUT2D eigenvalue weighted by molar-refractivity contribution is 14.1. The zero-order valence-corrected chi connectivity index (χ0v) is 15.7. The first-order valence-electron chi connectivity index (χ1n) is 7.03. The fraction of sp³-hybridized carbons (Fsp3) is 0.0625. The third-order valence-electron chi connectivity index (χ3n) is 3.57. The van der Waals surface area contributed by atoms with E-state index in [2.05, 4.69) is 9.71 Å². The van der Waals surface area contributed by atoms with Crippen LogP contribution in [-0.2, 0) is 16.2 Å². The fourth-order valence-electron chi connectivity index (χ4n) is 2.37. The number of H-pyrrole nitrogens is 1. The predicted octanol–water partition coefficient (Wildman–Crippen LogP) is 4.46. The van der Waals surface area contributed by atoms with Crippen LogP contribution in [0.25, 0.3) is 10.9 Å². The molecule has 0 unspecified atom stereocenters. The Labute approximate surface area is 160 Å². The molecule has 5 nitrogen and oxygen atoms in total. The van der Waals surface area contributed by atoms with Gasteiger partial charge in [0.25, 0.3) is 10.0 Å². The molecule has 3 aromatic rings. The lowest BCUT2D eigenvalue weighted by Gasteiger charge is -2.14. The van der Waals surface area contributed by atoms with Crippen LogP contribution in [0, 0.1) is 14.9 Å². The molecule has 0 fully saturated rings. The first-order valence-corrected chi connectivity index (χ1v) is 9.59. The lowest BCUT2D eigenvalue weighted by atomic mass is 10.1. The van der Waals surface area contributed by atoms with E-state index in [-0.39, 0.29) is 14.3 Å². The average molecular weight is 491 g/mol. The van der Waals surface area contributed by atoms with E-state index in [0.29, 0.717) is 17.0 Å². The summed E-state index contributed by atoms with van der Waals surface area (Å²) in [4.78, 5) is 2.72. The number of halogens is 4. The van der Waals surface area contributed by atoms with Crippen molar-refractivity contribution in [2.24, 2.45) is 0 Å². The quantitative estimate of drug-likeness (QED) is 0.531. The Hall–Kier alpha value is -2.26. The van der Waals surface area contributed by atoms with Gasteiger partial charge < -0.3 is 4.98 Å². The molecule has 0 saturated heterocycles. The van der Waals surface area contributed by atoms with Crippen molar-refractivity contribution < 1.29 is 21.6 Å². The standard InChI is InChI=1S/C16H9F3IN3O2S/c17-16(18,19)11-7-14(12(20)5-10(11)8-21)23-26(24,25)15-6-9-3-1-2-4-13(9)22-15/h1-7,22-23H. The van der Waals surface area contributed by atoms with Crippen LogP contribution in [0.5, 0.6) is 0 Å². The van der Waals surface area contributed by atoms with E-state index >= 15 is 0 Å². The van der Waals surface area contributed by atoms with Crippen LogP contribution in [0.1, 0.15) is 11.1 Å². The number of nitrogens with zero attached hydrogens (tertiary/aromatic N) is 1. The molecule has 3 rings (SSSR count). The van der Waals surface area contributed by atoms with Crippen LogP contribution in [0.2, 0.25) is 0 Å². The summed E-state index contributed by atoms with van der Waals surface area (Å²) in [6.07, 6.45) is -4.78. The molecule has 10 heteroatoms. The molecule has 0 spiro atoms. The first kappa shape index (κ1) is 18.5. The van der Waals surface area contributed by atoms with Gasteiger partial charge in [-0.05, 0) is 46.9 Å². The summed E-state index contributed by atoms with van der Waals surface area (Å²) in [6.45, 7) is 0. The summed E-state index contributed by atoms with van der Waals surface area (Å²) >= 11 is 1.67. The number of alkyl halides is 3. The number of hydrogen-bond donors (Lipinski definition) is 2. The highest BCUT2D eigenvalue weighted by Crippen LogP contribution is 2.36. The second-order valence-electron chi connectivity index (χ2n) is 5.31. The summed E-state index contributed by atoms with van der Waals surface area (Å²) in [5, 5.41) is 9.37. The zero-order valence-electron chi connectivity index (χ0n) is 12.7. The summed E-state index contributed by atoms with van der Waals surface area (Å²) < 4.78 is 66.7. The Morgan fingerprint density at radius 2 is 1.85 bits per heavy atom. The minimum atomic E-state index is -4.78. The summed E-state index contributed by atoms with van der Waals surface area (Å²) in [5.74, 6) is 0. The van der Waals surface area contributed by atoms with Crippen molar-refractivity contribution in [1.29, 1.82) is 5.26 Å². The van der Waals surface area contributed by atoms with Crippen LogP contribution in [-0.4, -0.2) is 13.4 Å². The summed E-state index contributed by atoms with van der Waals surface area (Å²) in [6, 6.07) is 11.3. The van der Waals surface area contributed by atoms with Crippen molar-refractivity contribution in [3.05, 3.63) is 57.2 Å². The van der Waals surface area contributed by atoms with E-state index in [9.17, 15) is 21.6 Å². The van der Waals surface area contributed by atoms with E-state index in [1.165, 1.54) is 12.1 Å². The number of rotatable bonds is 3. The number of aromatic amines is 1. The molecule has 134 valence electrons. The molecule has 2 N–H and O–H groups in total. The summed E-state index contributed by atoms with van der Waals surface area (Å²) in [7, 11) is -4.14. The minimum absolute atomic E-state index is 0.173. The second-order valence-corrected chi connectivity index (χ2v) is 8.13. The fourth-order valence-corrected chi connectivity index (χ4v) is 4.25. The molecule has 0 amide bonds. The van der Waals surface area contributed by atoms with Crippen molar-refractivity contribution in [1.82, 2.24) is 4.98 Å². The lowest BCUT2D eigenvalue weighted by Crippen LogP contribution is -2.16. The Morgan fingerprint density at radius 1 is 1.15 bits per heavy atom. The highest BCUT2D eigenvalue weighted by atomic mass is 127. The molecule has 1 aromatic heterocycles. The van der Waals surface area contributed by atoms with Crippen molar-refractivity contribution in [2.45, 2.75) is 11.2 Å². The van der Waals surface area contributed by atoms with Gasteiger partial charge in [-0.1, -0.05) is 18.2 Å². The molecule has 0 bridgehead atoms. The molecular formula is C16H9F3IN3O2S. The topological polar surface area (TPSA) is 85.8 Å². The van der Waals surface area contributed by atoms with E-state index in [4.69, 9.17) is 5.26 Å². The van der Waals surface area contributed by atoms with Gasteiger partial charge in [0.1, 0.15) is 0 Å². The normalized spacial score (nSPS) is 12.1. The van der Waals surface area contributed by atoms with E-state index in [0.717, 1.165) is 6.07 Å². The number of hydrogen-bond acceptors (Lipinski definition) is 3. The second kappa shape index (κ2) is 6.48. The van der Waals surface area contributed by atoms with Crippen molar-refractivity contribution in [2.75, 3.05) is 4.72 Å². The number of para-hydroxylation sites is 1. The van der Waals surface area contributed by atoms with Gasteiger partial charge in [0.2, 0.25) is 0 Å². The number of nitrogens with one attached hydrogen (secondary N) is 2. The van der Waals surface area contributed by atoms with Crippen molar-refractivity contribution >= 4 is 49.2 Å². The Bertz CT molecular complexity index is 1110. The van der Waals surface area contributed by atoms with Gasteiger partial charge in [-0.25, -0.2) is 0 Å². The van der Waals surface area contributed by atoms with E-state index in [1.54, 1.807) is 46.9 Å².